The maximum absolute atomic E-state index is 8.49. The number of rotatable bonds is 3. The Morgan fingerprint density at radius 2 is 2.12 bits per heavy atom. The predicted molar refractivity (Wildman–Crippen MR) is 64.3 cm³/mol. The molecule has 0 radical (unpaired) electrons. The molecule has 2 rings (SSSR count). The average Bonchev–Trinajstić information content (AvgIpc) is 2.70. The van der Waals surface area contributed by atoms with Crippen molar-refractivity contribution in [2.45, 2.75) is 0 Å². The zero-order valence-corrected chi connectivity index (χ0v) is 9.75. The molecule has 0 saturated heterocycles. The van der Waals surface area contributed by atoms with Gasteiger partial charge in [0.1, 0.15) is 0 Å². The molecule has 1 aromatic heterocycles. The Morgan fingerprint density at radius 1 is 1.31 bits per heavy atom. The first-order valence-corrected chi connectivity index (χ1v) is 5.43. The molecular formula is C11H11NO3S. The maximum atomic E-state index is 8.49. The van der Waals surface area contributed by atoms with Crippen molar-refractivity contribution in [3.05, 3.63) is 23.1 Å². The van der Waals surface area contributed by atoms with E-state index in [9.17, 15) is 0 Å². The third-order valence-electron chi connectivity index (χ3n) is 2.23. The lowest BCUT2D eigenvalue weighted by atomic mass is 10.2. The number of methoxy groups -OCH3 is 2. The highest BCUT2D eigenvalue weighted by atomic mass is 32.1. The van der Waals surface area contributed by atoms with Gasteiger partial charge in [-0.05, 0) is 23.6 Å². The first-order valence-electron chi connectivity index (χ1n) is 4.62. The summed E-state index contributed by atoms with van der Waals surface area (Å²) in [7, 11) is 3.21. The van der Waals surface area contributed by atoms with Crippen LogP contribution in [0.25, 0.3) is 10.1 Å². The molecule has 4 nitrogen and oxygen atoms in total. The molecule has 0 spiro atoms. The van der Waals surface area contributed by atoms with Crippen molar-refractivity contribution in [1.82, 2.24) is 0 Å². The molecule has 0 amide bonds. The molecule has 1 N–H and O–H groups in total. The number of fused-ring (bicyclic) bond motifs is 1. The van der Waals surface area contributed by atoms with E-state index in [1.54, 1.807) is 14.2 Å². The number of thiophene rings is 1. The third-order valence-corrected chi connectivity index (χ3v) is 3.32. The molecular weight excluding hydrogens is 226 g/mol. The molecule has 16 heavy (non-hydrogen) atoms. The summed E-state index contributed by atoms with van der Waals surface area (Å²) in [6.07, 6.45) is 1.40. The molecule has 1 heterocycles. The quantitative estimate of drug-likeness (QED) is 0.507. The second kappa shape index (κ2) is 4.40. The number of ether oxygens (including phenoxy) is 2. The third kappa shape index (κ3) is 1.69. The SMILES string of the molecule is COc1ccc2cc(/C=N/O)sc2c1OC. The summed E-state index contributed by atoms with van der Waals surface area (Å²) in [5.74, 6) is 1.41. The van der Waals surface area contributed by atoms with E-state index in [0.717, 1.165) is 15.0 Å². The molecule has 0 aliphatic carbocycles. The van der Waals surface area contributed by atoms with E-state index in [-0.39, 0.29) is 0 Å². The van der Waals surface area contributed by atoms with Crippen molar-refractivity contribution < 1.29 is 14.7 Å². The van der Waals surface area contributed by atoms with E-state index >= 15 is 0 Å². The van der Waals surface area contributed by atoms with Crippen LogP contribution >= 0.6 is 11.3 Å². The Hall–Kier alpha value is -1.75. The first-order chi connectivity index (χ1) is 7.80. The summed E-state index contributed by atoms with van der Waals surface area (Å²) in [5, 5.41) is 12.5. The van der Waals surface area contributed by atoms with Crippen molar-refractivity contribution in [2.75, 3.05) is 14.2 Å². The van der Waals surface area contributed by atoms with Crippen LogP contribution in [0.3, 0.4) is 0 Å². The summed E-state index contributed by atoms with van der Waals surface area (Å²) in [6.45, 7) is 0. The number of nitrogens with zero attached hydrogens (tertiary/aromatic N) is 1. The molecule has 5 heteroatoms. The summed E-state index contributed by atoms with van der Waals surface area (Å²) < 4.78 is 11.5. The van der Waals surface area contributed by atoms with Crippen molar-refractivity contribution in [3.63, 3.8) is 0 Å². The Kier molecular flexibility index (Phi) is 2.96. The fourth-order valence-corrected chi connectivity index (χ4v) is 2.60. The maximum Gasteiger partial charge on any atom is 0.178 e. The van der Waals surface area contributed by atoms with E-state index in [2.05, 4.69) is 5.16 Å². The lowest BCUT2D eigenvalue weighted by Crippen LogP contribution is -1.89. The normalized spacial score (nSPS) is 11.1. The van der Waals surface area contributed by atoms with Crippen LogP contribution in [0.5, 0.6) is 11.5 Å². The zero-order valence-electron chi connectivity index (χ0n) is 8.93. The summed E-state index contributed by atoms with van der Waals surface area (Å²) >= 11 is 1.49. The van der Waals surface area contributed by atoms with Crippen LogP contribution in [0, 0.1) is 0 Å². The van der Waals surface area contributed by atoms with E-state index < -0.39 is 0 Å². The van der Waals surface area contributed by atoms with Crippen LogP contribution in [0.15, 0.2) is 23.4 Å². The minimum absolute atomic E-state index is 0.698. The topological polar surface area (TPSA) is 51.0 Å². The summed E-state index contributed by atoms with van der Waals surface area (Å²) in [4.78, 5) is 0.865. The van der Waals surface area contributed by atoms with E-state index in [4.69, 9.17) is 14.7 Å². The zero-order chi connectivity index (χ0) is 11.5. The minimum Gasteiger partial charge on any atom is -0.493 e. The molecule has 2 aromatic rings. The van der Waals surface area contributed by atoms with Crippen LogP contribution in [0.2, 0.25) is 0 Å². The van der Waals surface area contributed by atoms with Crippen molar-refractivity contribution >= 4 is 27.6 Å². The lowest BCUT2D eigenvalue weighted by Gasteiger charge is -2.07. The van der Waals surface area contributed by atoms with Gasteiger partial charge in [0.05, 0.1) is 30.0 Å². The van der Waals surface area contributed by atoms with E-state index in [1.165, 1.54) is 17.6 Å². The fraction of sp³-hybridized carbons (Fsp3) is 0.182. The number of hydrogen-bond donors (Lipinski definition) is 1. The van der Waals surface area contributed by atoms with Crippen LogP contribution < -0.4 is 9.47 Å². The largest absolute Gasteiger partial charge is 0.493 e. The Morgan fingerprint density at radius 3 is 2.75 bits per heavy atom. The second-order valence-corrected chi connectivity index (χ2v) is 4.20. The predicted octanol–water partition coefficient (Wildman–Crippen LogP) is 2.73. The molecule has 84 valence electrons. The summed E-state index contributed by atoms with van der Waals surface area (Å²) in [5.41, 5.74) is 0. The summed E-state index contributed by atoms with van der Waals surface area (Å²) in [6, 6.07) is 5.73. The van der Waals surface area contributed by atoms with E-state index in [0.29, 0.717) is 11.5 Å². The highest BCUT2D eigenvalue weighted by Gasteiger charge is 2.11. The second-order valence-electron chi connectivity index (χ2n) is 3.11. The Balaban J connectivity index is 2.66. The molecule has 0 aliphatic rings. The minimum atomic E-state index is 0.698. The Labute approximate surface area is 96.7 Å². The molecule has 0 unspecified atom stereocenters. The smallest absolute Gasteiger partial charge is 0.178 e. The molecule has 0 bridgehead atoms. The van der Waals surface area contributed by atoms with Crippen molar-refractivity contribution in [3.8, 4) is 11.5 Å². The van der Waals surface area contributed by atoms with E-state index in [1.807, 2.05) is 18.2 Å². The van der Waals surface area contributed by atoms with Gasteiger partial charge in [0.25, 0.3) is 0 Å². The number of oxime groups is 1. The van der Waals surface area contributed by atoms with Crippen LogP contribution in [0.4, 0.5) is 0 Å². The van der Waals surface area contributed by atoms with Gasteiger partial charge in [-0.25, -0.2) is 0 Å². The van der Waals surface area contributed by atoms with Crippen molar-refractivity contribution in [2.24, 2.45) is 5.16 Å². The average molecular weight is 237 g/mol. The highest BCUT2D eigenvalue weighted by molar-refractivity contribution is 7.21. The molecule has 0 aliphatic heterocycles. The monoisotopic (exact) mass is 237 g/mol. The lowest BCUT2D eigenvalue weighted by molar-refractivity contribution is 0.322. The van der Waals surface area contributed by atoms with Gasteiger partial charge in [-0.15, -0.1) is 11.3 Å². The number of hydrogen-bond acceptors (Lipinski definition) is 5. The van der Waals surface area contributed by atoms with Gasteiger partial charge in [-0.3, -0.25) is 0 Å². The Bertz CT molecular complexity index is 533. The first kappa shape index (κ1) is 10.8. The number of benzene rings is 1. The fourth-order valence-electron chi connectivity index (χ4n) is 1.55. The van der Waals surface area contributed by atoms with Gasteiger partial charge in [0, 0.05) is 0 Å². The van der Waals surface area contributed by atoms with Gasteiger partial charge in [0.15, 0.2) is 11.5 Å². The van der Waals surface area contributed by atoms with Crippen LogP contribution in [-0.4, -0.2) is 25.6 Å². The van der Waals surface area contributed by atoms with Crippen LogP contribution in [-0.2, 0) is 0 Å². The van der Waals surface area contributed by atoms with Gasteiger partial charge < -0.3 is 14.7 Å². The standard InChI is InChI=1S/C11H11NO3S/c1-14-9-4-3-7-5-8(6-12-13)16-11(7)10(9)15-2/h3-6,13H,1-2H3/b12-6+. The van der Waals surface area contributed by atoms with Gasteiger partial charge in [0.2, 0.25) is 0 Å². The molecule has 0 saturated carbocycles. The molecule has 1 aromatic carbocycles. The van der Waals surface area contributed by atoms with Gasteiger partial charge in [-0.2, -0.15) is 0 Å². The van der Waals surface area contributed by atoms with Gasteiger partial charge in [-0.1, -0.05) is 5.16 Å². The van der Waals surface area contributed by atoms with Crippen LogP contribution in [0.1, 0.15) is 4.88 Å². The highest BCUT2D eigenvalue weighted by Crippen LogP contribution is 2.39. The van der Waals surface area contributed by atoms with Crippen molar-refractivity contribution in [1.29, 1.82) is 0 Å². The molecule has 0 fully saturated rings. The van der Waals surface area contributed by atoms with Gasteiger partial charge >= 0.3 is 0 Å². The molecule has 0 atom stereocenters.